The third-order valence-corrected chi connectivity index (χ3v) is 4.43. The molecular weight excluding hydrogens is 257 g/mol. The lowest BCUT2D eigenvalue weighted by atomic mass is 9.91. The molecule has 1 amide bonds. The highest BCUT2D eigenvalue weighted by molar-refractivity contribution is 5.82. The second-order valence-electron chi connectivity index (χ2n) is 5.66. The summed E-state index contributed by atoms with van der Waals surface area (Å²) in [4.78, 5) is 14.1. The molecule has 0 saturated carbocycles. The fourth-order valence-corrected chi connectivity index (χ4v) is 3.35. The van der Waals surface area contributed by atoms with Gasteiger partial charge in [0, 0.05) is 31.2 Å². The van der Waals surface area contributed by atoms with Crippen LogP contribution in [0.5, 0.6) is 0 Å². The van der Waals surface area contributed by atoms with Gasteiger partial charge in [-0.1, -0.05) is 12.1 Å². The van der Waals surface area contributed by atoms with Gasteiger partial charge < -0.3 is 11.1 Å². The fraction of sp³-hybridized carbons (Fsp3) is 0.533. The third-order valence-electron chi connectivity index (χ3n) is 4.43. The van der Waals surface area contributed by atoms with E-state index in [1.54, 1.807) is 0 Å². The van der Waals surface area contributed by atoms with Gasteiger partial charge in [-0.3, -0.25) is 9.69 Å². The smallest absolute Gasteiger partial charge is 0.224 e. The minimum absolute atomic E-state index is 0.123. The van der Waals surface area contributed by atoms with Crippen LogP contribution in [0.3, 0.4) is 0 Å². The summed E-state index contributed by atoms with van der Waals surface area (Å²) in [6.07, 6.45) is 2.02. The molecule has 5 heteroatoms. The fourth-order valence-electron chi connectivity index (χ4n) is 3.35. The Labute approximate surface area is 118 Å². The van der Waals surface area contributed by atoms with Crippen molar-refractivity contribution in [1.29, 1.82) is 0 Å². The summed E-state index contributed by atoms with van der Waals surface area (Å²) in [6.45, 7) is 2.69. The number of likely N-dealkylation sites (tertiary alicyclic amines) is 1. The quantitative estimate of drug-likeness (QED) is 0.866. The monoisotopic (exact) mass is 277 g/mol. The van der Waals surface area contributed by atoms with Crippen LogP contribution >= 0.6 is 0 Å². The van der Waals surface area contributed by atoms with E-state index in [0.29, 0.717) is 5.56 Å². The van der Waals surface area contributed by atoms with E-state index in [1.165, 1.54) is 6.07 Å². The van der Waals surface area contributed by atoms with Gasteiger partial charge in [-0.05, 0) is 31.0 Å². The zero-order chi connectivity index (χ0) is 14.1. The Balaban J connectivity index is 1.75. The van der Waals surface area contributed by atoms with Crippen LogP contribution in [-0.4, -0.2) is 29.9 Å². The van der Waals surface area contributed by atoms with Crippen molar-refractivity contribution < 1.29 is 9.18 Å². The van der Waals surface area contributed by atoms with Crippen LogP contribution in [0.15, 0.2) is 18.2 Å². The topological polar surface area (TPSA) is 58.4 Å². The Kier molecular flexibility index (Phi) is 3.72. The van der Waals surface area contributed by atoms with Crippen LogP contribution in [0, 0.1) is 11.7 Å². The molecule has 4 nitrogen and oxygen atoms in total. The Hall–Kier alpha value is -1.46. The van der Waals surface area contributed by atoms with Crippen LogP contribution in [0.1, 0.15) is 24.0 Å². The molecule has 108 valence electrons. The Morgan fingerprint density at radius 2 is 2.30 bits per heavy atom. The number of rotatable bonds is 3. The van der Waals surface area contributed by atoms with Crippen LogP contribution < -0.4 is 11.1 Å². The molecule has 0 aromatic heterocycles. The van der Waals surface area contributed by atoms with E-state index in [9.17, 15) is 9.18 Å². The lowest BCUT2D eigenvalue weighted by Gasteiger charge is -2.35. The number of carbonyl (C=O) groups is 1. The average Bonchev–Trinajstić information content (AvgIpc) is 2.84. The van der Waals surface area contributed by atoms with Gasteiger partial charge >= 0.3 is 0 Å². The molecule has 2 saturated heterocycles. The molecule has 0 spiro atoms. The number of piperidine rings is 1. The maximum Gasteiger partial charge on any atom is 0.224 e. The molecule has 1 aromatic carbocycles. The number of fused-ring (bicyclic) bond motifs is 1. The predicted molar refractivity (Wildman–Crippen MR) is 74.2 cm³/mol. The van der Waals surface area contributed by atoms with Gasteiger partial charge in [0.25, 0.3) is 0 Å². The lowest BCUT2D eigenvalue weighted by molar-refractivity contribution is -0.124. The largest absolute Gasteiger partial charge is 0.354 e. The number of halogens is 1. The van der Waals surface area contributed by atoms with E-state index in [-0.39, 0.29) is 30.2 Å². The van der Waals surface area contributed by atoms with Crippen molar-refractivity contribution >= 4 is 5.91 Å². The number of amides is 1. The van der Waals surface area contributed by atoms with Crippen molar-refractivity contribution in [2.24, 2.45) is 11.7 Å². The van der Waals surface area contributed by atoms with Crippen LogP contribution in [0.25, 0.3) is 0 Å². The highest BCUT2D eigenvalue weighted by Crippen LogP contribution is 2.28. The predicted octanol–water partition coefficient (Wildman–Crippen LogP) is 0.995. The van der Waals surface area contributed by atoms with Crippen molar-refractivity contribution in [2.45, 2.75) is 32.0 Å². The van der Waals surface area contributed by atoms with Gasteiger partial charge in [-0.15, -0.1) is 0 Å². The number of nitrogens with zero attached hydrogens (tertiary/aromatic N) is 1. The molecule has 3 rings (SSSR count). The summed E-state index contributed by atoms with van der Waals surface area (Å²) in [7, 11) is 0. The molecule has 2 heterocycles. The average molecular weight is 277 g/mol. The van der Waals surface area contributed by atoms with Crippen molar-refractivity contribution in [3.63, 3.8) is 0 Å². The number of hydrogen-bond acceptors (Lipinski definition) is 3. The first kappa shape index (κ1) is 13.5. The highest BCUT2D eigenvalue weighted by Gasteiger charge is 2.40. The summed E-state index contributed by atoms with van der Waals surface area (Å²) >= 11 is 0. The molecular formula is C15H20FN3O. The molecule has 2 atom stereocenters. The SMILES string of the molecule is NCc1cc(CN2CCCC3C(=O)NCC32)ccc1F. The molecule has 0 radical (unpaired) electrons. The first-order valence-electron chi connectivity index (χ1n) is 7.18. The molecule has 0 aliphatic carbocycles. The van der Waals surface area contributed by atoms with E-state index in [1.807, 2.05) is 12.1 Å². The lowest BCUT2D eigenvalue weighted by Crippen LogP contribution is -2.44. The van der Waals surface area contributed by atoms with Gasteiger partial charge in [0.05, 0.1) is 5.92 Å². The molecule has 1 aromatic rings. The van der Waals surface area contributed by atoms with Gasteiger partial charge in [0.1, 0.15) is 5.82 Å². The molecule has 20 heavy (non-hydrogen) atoms. The third kappa shape index (κ3) is 2.43. The van der Waals surface area contributed by atoms with E-state index < -0.39 is 0 Å². The number of nitrogens with one attached hydrogen (secondary N) is 1. The first-order valence-corrected chi connectivity index (χ1v) is 7.18. The number of hydrogen-bond donors (Lipinski definition) is 2. The number of nitrogens with two attached hydrogens (primary N) is 1. The standard InChI is InChI=1S/C15H20FN3O/c16-13-4-3-10(6-11(13)7-17)9-19-5-1-2-12-14(19)8-18-15(12)20/h3-4,6,12,14H,1-2,5,7-9,17H2,(H,18,20). The molecule has 2 aliphatic heterocycles. The summed E-state index contributed by atoms with van der Waals surface area (Å²) in [5.74, 6) is 0.0603. The van der Waals surface area contributed by atoms with Gasteiger partial charge in [-0.25, -0.2) is 4.39 Å². The zero-order valence-electron chi connectivity index (χ0n) is 11.4. The Bertz CT molecular complexity index is 520. The van der Waals surface area contributed by atoms with Crippen molar-refractivity contribution in [3.05, 3.63) is 35.1 Å². The van der Waals surface area contributed by atoms with E-state index in [4.69, 9.17) is 5.73 Å². The van der Waals surface area contributed by atoms with Gasteiger partial charge in [-0.2, -0.15) is 0 Å². The molecule has 3 N–H and O–H groups in total. The van der Waals surface area contributed by atoms with Gasteiger partial charge in [0.2, 0.25) is 5.91 Å². The van der Waals surface area contributed by atoms with Crippen molar-refractivity contribution in [1.82, 2.24) is 10.2 Å². The molecule has 0 bridgehead atoms. The summed E-state index contributed by atoms with van der Waals surface area (Å²) in [6, 6.07) is 5.41. The van der Waals surface area contributed by atoms with E-state index >= 15 is 0 Å². The Morgan fingerprint density at radius 3 is 3.10 bits per heavy atom. The molecule has 2 unspecified atom stereocenters. The minimum Gasteiger partial charge on any atom is -0.354 e. The molecule has 2 aliphatic rings. The summed E-state index contributed by atoms with van der Waals surface area (Å²) in [5.41, 5.74) is 7.16. The number of benzene rings is 1. The maximum atomic E-state index is 13.5. The van der Waals surface area contributed by atoms with Crippen LogP contribution in [0.2, 0.25) is 0 Å². The number of carbonyl (C=O) groups excluding carboxylic acids is 1. The maximum absolute atomic E-state index is 13.5. The Morgan fingerprint density at radius 1 is 1.45 bits per heavy atom. The van der Waals surface area contributed by atoms with E-state index in [0.717, 1.165) is 38.0 Å². The van der Waals surface area contributed by atoms with Crippen molar-refractivity contribution in [3.8, 4) is 0 Å². The highest BCUT2D eigenvalue weighted by atomic mass is 19.1. The summed E-state index contributed by atoms with van der Waals surface area (Å²) in [5, 5.41) is 2.95. The first-order chi connectivity index (χ1) is 9.69. The second kappa shape index (κ2) is 5.50. The zero-order valence-corrected chi connectivity index (χ0v) is 11.4. The van der Waals surface area contributed by atoms with Crippen LogP contribution in [-0.2, 0) is 17.9 Å². The minimum atomic E-state index is -0.245. The normalized spacial score (nSPS) is 26.4. The van der Waals surface area contributed by atoms with E-state index in [2.05, 4.69) is 10.2 Å². The van der Waals surface area contributed by atoms with Gasteiger partial charge in [0.15, 0.2) is 0 Å². The molecule has 2 fully saturated rings. The summed E-state index contributed by atoms with van der Waals surface area (Å²) < 4.78 is 13.5. The van der Waals surface area contributed by atoms with Crippen molar-refractivity contribution in [2.75, 3.05) is 13.1 Å². The second-order valence-corrected chi connectivity index (χ2v) is 5.66. The van der Waals surface area contributed by atoms with Crippen LogP contribution in [0.4, 0.5) is 4.39 Å².